The molecule has 0 radical (unpaired) electrons. The van der Waals surface area contributed by atoms with Gasteiger partial charge in [0.25, 0.3) is 0 Å². The van der Waals surface area contributed by atoms with Crippen LogP contribution in [0.5, 0.6) is 0 Å². The highest BCUT2D eigenvalue weighted by atomic mass is 16.6. The normalized spacial score (nSPS) is 34.9. The van der Waals surface area contributed by atoms with Gasteiger partial charge < -0.3 is 25.0 Å². The topological polar surface area (TPSA) is 105 Å². The zero-order valence-corrected chi connectivity index (χ0v) is 22.6. The van der Waals surface area contributed by atoms with E-state index in [1.807, 2.05) is 6.07 Å². The molecule has 0 aromatic heterocycles. The number of carboxylic acid groups (broad SMARTS) is 1. The molecule has 1 amide bonds. The lowest BCUT2D eigenvalue weighted by molar-refractivity contribution is -0.190. The van der Waals surface area contributed by atoms with Gasteiger partial charge in [-0.3, -0.25) is 4.79 Å². The predicted molar refractivity (Wildman–Crippen MR) is 140 cm³/mol. The maximum Gasteiger partial charge on any atom is 0.330 e. The lowest BCUT2D eigenvalue weighted by Gasteiger charge is -2.45. The smallest absolute Gasteiger partial charge is 0.330 e. The first-order valence-electron chi connectivity index (χ1n) is 14.3. The van der Waals surface area contributed by atoms with Gasteiger partial charge in [-0.05, 0) is 81.1 Å². The van der Waals surface area contributed by atoms with Crippen LogP contribution in [0.4, 0.5) is 0 Å². The number of benzene rings is 1. The Morgan fingerprint density at radius 1 is 0.973 bits per heavy atom. The van der Waals surface area contributed by atoms with Gasteiger partial charge in [-0.1, -0.05) is 50.6 Å². The standard InChI is InChI=1S/C30H45NO6/c1-18-9-15-25(26-17-36-19(2)10-16-24(18)26)20(3)30(35)37-23-13-11-22(12-14-23)28(32)31-27(29(33)34)21-7-5-4-6-8-21/h4-8,18-20,22-27,30,35H,9-17H2,1-3H3,(H,31,32)(H,33,34)/t18-,19?,20-,22?,23?,24+,25+,26?,27+,30-/m1/s1. The fourth-order valence-electron chi connectivity index (χ4n) is 6.99. The summed E-state index contributed by atoms with van der Waals surface area (Å²) in [5.41, 5.74) is 0.561. The second-order valence-corrected chi connectivity index (χ2v) is 11.8. The Labute approximate surface area is 221 Å². The number of aliphatic hydroxyl groups excluding tert-OH is 1. The second-order valence-electron chi connectivity index (χ2n) is 11.8. The van der Waals surface area contributed by atoms with Gasteiger partial charge in [-0.2, -0.15) is 0 Å². The summed E-state index contributed by atoms with van der Waals surface area (Å²) in [6.45, 7) is 7.43. The summed E-state index contributed by atoms with van der Waals surface area (Å²) in [5, 5.41) is 23.4. The van der Waals surface area contributed by atoms with E-state index in [0.717, 1.165) is 19.4 Å². The number of aliphatic carboxylic acids is 1. The minimum atomic E-state index is -1.07. The molecule has 37 heavy (non-hydrogen) atoms. The molecule has 1 aromatic carbocycles. The van der Waals surface area contributed by atoms with Crippen LogP contribution in [0.25, 0.3) is 0 Å². The molecule has 2 unspecified atom stereocenters. The maximum atomic E-state index is 12.9. The number of hydrogen-bond acceptors (Lipinski definition) is 5. The number of rotatable bonds is 8. The van der Waals surface area contributed by atoms with Crippen molar-refractivity contribution in [1.82, 2.24) is 5.32 Å². The number of ether oxygens (including phenoxy) is 2. The predicted octanol–water partition coefficient (Wildman–Crippen LogP) is 4.94. The Balaban J connectivity index is 1.27. The molecular formula is C30H45NO6. The van der Waals surface area contributed by atoms with E-state index in [2.05, 4.69) is 26.1 Å². The van der Waals surface area contributed by atoms with Crippen LogP contribution in [-0.2, 0) is 19.1 Å². The number of hydrogen-bond donors (Lipinski definition) is 3. The lowest BCUT2D eigenvalue weighted by Crippen LogP contribution is -2.43. The molecule has 0 spiro atoms. The molecule has 1 aliphatic heterocycles. The molecule has 4 rings (SSSR count). The quantitative estimate of drug-likeness (QED) is 0.424. The van der Waals surface area contributed by atoms with Gasteiger partial charge >= 0.3 is 5.97 Å². The summed E-state index contributed by atoms with van der Waals surface area (Å²) in [4.78, 5) is 24.6. The first kappa shape index (κ1) is 28.1. The fraction of sp³-hybridized carbons (Fsp3) is 0.733. The van der Waals surface area contributed by atoms with Gasteiger partial charge in [-0.25, -0.2) is 4.79 Å². The molecule has 1 saturated heterocycles. The van der Waals surface area contributed by atoms with Gasteiger partial charge in [0, 0.05) is 11.8 Å². The van der Waals surface area contributed by atoms with Crippen molar-refractivity contribution in [1.29, 1.82) is 0 Å². The van der Waals surface area contributed by atoms with Crippen molar-refractivity contribution < 1.29 is 29.3 Å². The minimum Gasteiger partial charge on any atom is -0.479 e. The van der Waals surface area contributed by atoms with E-state index in [9.17, 15) is 19.8 Å². The van der Waals surface area contributed by atoms with Crippen LogP contribution in [-0.4, -0.2) is 47.2 Å². The summed E-state index contributed by atoms with van der Waals surface area (Å²) in [6, 6.07) is 7.72. The molecule has 3 aliphatic rings. The Morgan fingerprint density at radius 2 is 1.68 bits per heavy atom. The van der Waals surface area contributed by atoms with E-state index < -0.39 is 18.3 Å². The van der Waals surface area contributed by atoms with E-state index in [4.69, 9.17) is 9.47 Å². The summed E-state index contributed by atoms with van der Waals surface area (Å²) in [7, 11) is 0. The summed E-state index contributed by atoms with van der Waals surface area (Å²) in [5.74, 6) is 0.686. The number of aliphatic hydroxyl groups is 1. The molecule has 0 bridgehead atoms. The molecule has 206 valence electrons. The molecular weight excluding hydrogens is 470 g/mol. The number of carbonyl (C=O) groups excluding carboxylic acids is 1. The number of fused-ring (bicyclic) bond motifs is 1. The summed E-state index contributed by atoms with van der Waals surface area (Å²) >= 11 is 0. The summed E-state index contributed by atoms with van der Waals surface area (Å²) in [6.07, 6.45) is 6.59. The van der Waals surface area contributed by atoms with Crippen molar-refractivity contribution in [3.8, 4) is 0 Å². The zero-order valence-electron chi connectivity index (χ0n) is 22.6. The Morgan fingerprint density at radius 3 is 2.35 bits per heavy atom. The SMILES string of the molecule is CC1CC[C@@H]2C(CO1)[C@H]([C@@H](C)[C@H](O)OC1CCC(C(=O)N[C@H](C(=O)O)c3ccccc3)CC1)CC[C@H]2C. The van der Waals surface area contributed by atoms with Crippen LogP contribution in [0.3, 0.4) is 0 Å². The van der Waals surface area contributed by atoms with Gasteiger partial charge in [0.2, 0.25) is 5.91 Å². The van der Waals surface area contributed by atoms with Crippen molar-refractivity contribution in [3.05, 3.63) is 35.9 Å². The monoisotopic (exact) mass is 515 g/mol. The molecule has 7 nitrogen and oxygen atoms in total. The molecule has 1 aromatic rings. The van der Waals surface area contributed by atoms with Crippen molar-refractivity contribution in [2.24, 2.45) is 35.5 Å². The number of nitrogens with one attached hydrogen (secondary N) is 1. The van der Waals surface area contributed by atoms with E-state index >= 15 is 0 Å². The Hall–Kier alpha value is -1.96. The molecule has 1 heterocycles. The van der Waals surface area contributed by atoms with Gasteiger partial charge in [-0.15, -0.1) is 0 Å². The minimum absolute atomic E-state index is 0.0280. The number of amides is 1. The average Bonchev–Trinajstić information content (AvgIpc) is 3.10. The highest BCUT2D eigenvalue weighted by Gasteiger charge is 2.43. The number of carboxylic acids is 1. The van der Waals surface area contributed by atoms with Crippen molar-refractivity contribution >= 4 is 11.9 Å². The Kier molecular flexibility index (Phi) is 9.65. The van der Waals surface area contributed by atoms with E-state index in [1.54, 1.807) is 24.3 Å². The first-order valence-corrected chi connectivity index (χ1v) is 14.3. The van der Waals surface area contributed by atoms with Gasteiger partial charge in [0.15, 0.2) is 12.3 Å². The average molecular weight is 516 g/mol. The van der Waals surface area contributed by atoms with Crippen LogP contribution in [0.1, 0.15) is 83.7 Å². The Bertz CT molecular complexity index is 885. The lowest BCUT2D eigenvalue weighted by atomic mass is 9.62. The first-order chi connectivity index (χ1) is 17.7. The van der Waals surface area contributed by atoms with Gasteiger partial charge in [0.05, 0.1) is 18.8 Å². The number of carbonyl (C=O) groups is 2. The highest BCUT2D eigenvalue weighted by Crippen LogP contribution is 2.47. The third kappa shape index (κ3) is 6.92. The van der Waals surface area contributed by atoms with E-state index in [1.165, 1.54) is 12.8 Å². The molecule has 3 N–H and O–H groups in total. The van der Waals surface area contributed by atoms with Crippen LogP contribution >= 0.6 is 0 Å². The molecule has 2 saturated carbocycles. The van der Waals surface area contributed by atoms with Crippen LogP contribution < -0.4 is 5.32 Å². The molecule has 3 fully saturated rings. The van der Waals surface area contributed by atoms with Crippen LogP contribution in [0, 0.1) is 35.5 Å². The molecule has 7 heteroatoms. The molecule has 2 aliphatic carbocycles. The highest BCUT2D eigenvalue weighted by molar-refractivity contribution is 5.85. The van der Waals surface area contributed by atoms with Crippen LogP contribution in [0.15, 0.2) is 30.3 Å². The molecule has 8 atom stereocenters. The van der Waals surface area contributed by atoms with Gasteiger partial charge in [0.1, 0.15) is 0 Å². The third-order valence-electron chi connectivity index (χ3n) is 9.43. The zero-order chi connectivity index (χ0) is 26.5. The van der Waals surface area contributed by atoms with Crippen LogP contribution in [0.2, 0.25) is 0 Å². The fourth-order valence-corrected chi connectivity index (χ4v) is 6.99. The van der Waals surface area contributed by atoms with Crippen molar-refractivity contribution in [2.45, 2.75) is 96.7 Å². The maximum absolute atomic E-state index is 12.9. The second kappa shape index (κ2) is 12.7. The van der Waals surface area contributed by atoms with Crippen molar-refractivity contribution in [2.75, 3.05) is 6.61 Å². The summed E-state index contributed by atoms with van der Waals surface area (Å²) < 4.78 is 12.3. The largest absolute Gasteiger partial charge is 0.479 e. The third-order valence-corrected chi connectivity index (χ3v) is 9.43. The van der Waals surface area contributed by atoms with Crippen molar-refractivity contribution in [3.63, 3.8) is 0 Å². The van der Waals surface area contributed by atoms with E-state index in [0.29, 0.717) is 61.0 Å². The van der Waals surface area contributed by atoms with E-state index in [-0.39, 0.29) is 23.8 Å².